The van der Waals surface area contributed by atoms with Crippen molar-refractivity contribution in [3.8, 4) is 17.2 Å². The summed E-state index contributed by atoms with van der Waals surface area (Å²) in [6.07, 6.45) is 2.10. The van der Waals surface area contributed by atoms with E-state index in [0.717, 1.165) is 28.9 Å². The number of amides is 1. The average molecular weight is 421 g/mol. The van der Waals surface area contributed by atoms with Crippen molar-refractivity contribution in [1.29, 1.82) is 0 Å². The summed E-state index contributed by atoms with van der Waals surface area (Å²) in [6.45, 7) is 2.01. The van der Waals surface area contributed by atoms with Crippen molar-refractivity contribution in [1.82, 2.24) is 0 Å². The molecule has 1 aliphatic heterocycles. The third kappa shape index (κ3) is 3.67. The van der Waals surface area contributed by atoms with Crippen molar-refractivity contribution in [3.05, 3.63) is 58.8 Å². The van der Waals surface area contributed by atoms with Gasteiger partial charge in [0.25, 0.3) is 0 Å². The van der Waals surface area contributed by atoms with Crippen LogP contribution in [0.15, 0.2) is 47.7 Å². The smallest absolute Gasteiger partial charge is 0.232 e. The first-order valence-electron chi connectivity index (χ1n) is 10.4. The fourth-order valence-electron chi connectivity index (χ4n) is 4.58. The lowest BCUT2D eigenvalue weighted by atomic mass is 9.76. The van der Waals surface area contributed by atoms with Crippen LogP contribution in [-0.2, 0) is 9.59 Å². The van der Waals surface area contributed by atoms with E-state index in [-0.39, 0.29) is 24.0 Å². The molecule has 162 valence electrons. The molecule has 0 saturated heterocycles. The van der Waals surface area contributed by atoms with Gasteiger partial charge in [0.05, 0.1) is 21.3 Å². The molecular formula is C25H27NO5. The Morgan fingerprint density at radius 1 is 0.871 bits per heavy atom. The van der Waals surface area contributed by atoms with Crippen molar-refractivity contribution in [2.75, 3.05) is 26.2 Å². The van der Waals surface area contributed by atoms with Crippen LogP contribution in [0.3, 0.4) is 0 Å². The van der Waals surface area contributed by atoms with E-state index in [9.17, 15) is 9.59 Å². The van der Waals surface area contributed by atoms with Gasteiger partial charge in [-0.25, -0.2) is 0 Å². The van der Waals surface area contributed by atoms with Crippen LogP contribution in [0.25, 0.3) is 0 Å². The summed E-state index contributed by atoms with van der Waals surface area (Å²) in [5, 5.41) is 0. The SMILES string of the molecule is COc1cc(OC)c([C@@H]2CC(=O)N(c3ccc(C)cc3)C3=C2C(=O)CCC3)cc1OC. The van der Waals surface area contributed by atoms with E-state index >= 15 is 0 Å². The zero-order valence-electron chi connectivity index (χ0n) is 18.4. The molecule has 0 aromatic heterocycles. The molecule has 0 saturated carbocycles. The number of hydrogen-bond donors (Lipinski definition) is 0. The van der Waals surface area contributed by atoms with Gasteiger partial charge in [0.2, 0.25) is 5.91 Å². The maximum Gasteiger partial charge on any atom is 0.232 e. The van der Waals surface area contributed by atoms with E-state index in [4.69, 9.17) is 14.2 Å². The van der Waals surface area contributed by atoms with Crippen LogP contribution in [0.1, 0.15) is 42.7 Å². The molecule has 31 heavy (non-hydrogen) atoms. The summed E-state index contributed by atoms with van der Waals surface area (Å²) in [4.78, 5) is 28.3. The number of rotatable bonds is 5. The Morgan fingerprint density at radius 3 is 2.16 bits per heavy atom. The number of methoxy groups -OCH3 is 3. The molecule has 1 amide bonds. The highest BCUT2D eigenvalue weighted by atomic mass is 16.5. The summed E-state index contributed by atoms with van der Waals surface area (Å²) < 4.78 is 16.5. The zero-order valence-corrected chi connectivity index (χ0v) is 18.4. The molecule has 2 aromatic carbocycles. The van der Waals surface area contributed by atoms with Gasteiger partial charge in [-0.15, -0.1) is 0 Å². The second-order valence-corrected chi connectivity index (χ2v) is 7.91. The number of hydrogen-bond acceptors (Lipinski definition) is 5. The molecule has 2 aromatic rings. The monoisotopic (exact) mass is 421 g/mol. The molecule has 6 heteroatoms. The summed E-state index contributed by atoms with van der Waals surface area (Å²) in [7, 11) is 4.70. The first-order chi connectivity index (χ1) is 15.0. The standard InChI is InChI=1S/C25H27NO5/c1-15-8-10-16(11-9-15)26-19-6-5-7-20(27)25(19)18(13-24(26)28)17-12-22(30-3)23(31-4)14-21(17)29-2/h8-12,14,18H,5-7,13H2,1-4H3/t18-/m0/s1. The topological polar surface area (TPSA) is 65.1 Å². The highest BCUT2D eigenvalue weighted by molar-refractivity contribution is 6.07. The largest absolute Gasteiger partial charge is 0.496 e. The lowest BCUT2D eigenvalue weighted by Crippen LogP contribution is -2.40. The van der Waals surface area contributed by atoms with Crippen LogP contribution in [0.4, 0.5) is 5.69 Å². The third-order valence-corrected chi connectivity index (χ3v) is 6.08. The first kappa shape index (κ1) is 21.0. The molecular weight excluding hydrogens is 394 g/mol. The van der Waals surface area contributed by atoms with Crippen LogP contribution >= 0.6 is 0 Å². The van der Waals surface area contributed by atoms with Crippen molar-refractivity contribution in [2.45, 2.75) is 38.5 Å². The number of ketones is 1. The Bertz CT molecular complexity index is 1050. The molecule has 6 nitrogen and oxygen atoms in total. The Kier molecular flexibility index (Phi) is 5.72. The van der Waals surface area contributed by atoms with Crippen molar-refractivity contribution in [3.63, 3.8) is 0 Å². The molecule has 0 radical (unpaired) electrons. The maximum atomic E-state index is 13.4. The van der Waals surface area contributed by atoms with E-state index in [0.29, 0.717) is 35.7 Å². The first-order valence-corrected chi connectivity index (χ1v) is 10.4. The molecule has 0 bridgehead atoms. The number of carbonyl (C=O) groups excluding carboxylic acids is 2. The summed E-state index contributed by atoms with van der Waals surface area (Å²) in [5.41, 5.74) is 4.19. The lowest BCUT2D eigenvalue weighted by molar-refractivity contribution is -0.119. The minimum atomic E-state index is -0.383. The van der Waals surface area contributed by atoms with Crippen molar-refractivity contribution < 1.29 is 23.8 Å². The number of Topliss-reactive ketones (excluding diaryl/α,β-unsaturated/α-hetero) is 1. The van der Waals surface area contributed by atoms with Gasteiger partial charge in [-0.1, -0.05) is 17.7 Å². The summed E-state index contributed by atoms with van der Waals surface area (Å²) >= 11 is 0. The Hall–Kier alpha value is -3.28. The van der Waals surface area contributed by atoms with E-state index < -0.39 is 0 Å². The van der Waals surface area contributed by atoms with Gasteiger partial charge < -0.3 is 14.2 Å². The van der Waals surface area contributed by atoms with E-state index in [1.54, 1.807) is 32.3 Å². The number of carbonyl (C=O) groups is 2. The summed E-state index contributed by atoms with van der Waals surface area (Å²) in [5.74, 6) is 1.33. The van der Waals surface area contributed by atoms with E-state index in [2.05, 4.69) is 0 Å². The minimum absolute atomic E-state index is 0.0286. The van der Waals surface area contributed by atoms with Crippen LogP contribution in [0.2, 0.25) is 0 Å². The molecule has 0 N–H and O–H groups in total. The maximum absolute atomic E-state index is 13.4. The molecule has 1 aliphatic carbocycles. The minimum Gasteiger partial charge on any atom is -0.496 e. The lowest BCUT2D eigenvalue weighted by Gasteiger charge is -2.38. The van der Waals surface area contributed by atoms with Gasteiger partial charge in [-0.3, -0.25) is 14.5 Å². The number of allylic oxidation sites excluding steroid dienone is 2. The van der Waals surface area contributed by atoms with Crippen LogP contribution < -0.4 is 19.1 Å². The molecule has 2 aliphatic rings. The van der Waals surface area contributed by atoms with Gasteiger partial charge in [0.15, 0.2) is 17.3 Å². The van der Waals surface area contributed by atoms with Crippen molar-refractivity contribution >= 4 is 17.4 Å². The Balaban J connectivity index is 1.89. The number of nitrogens with zero attached hydrogens (tertiary/aromatic N) is 1. The van der Waals surface area contributed by atoms with Crippen molar-refractivity contribution in [2.24, 2.45) is 0 Å². The average Bonchev–Trinajstić information content (AvgIpc) is 2.78. The van der Waals surface area contributed by atoms with Crippen LogP contribution in [0.5, 0.6) is 17.2 Å². The van der Waals surface area contributed by atoms with Gasteiger partial charge in [0, 0.05) is 47.3 Å². The number of ether oxygens (including phenoxy) is 3. The van der Waals surface area contributed by atoms with E-state index in [1.165, 1.54) is 0 Å². The van der Waals surface area contributed by atoms with Gasteiger partial charge >= 0.3 is 0 Å². The third-order valence-electron chi connectivity index (χ3n) is 6.08. The molecule has 0 unspecified atom stereocenters. The molecule has 1 heterocycles. The predicted octanol–water partition coefficient (Wildman–Crippen LogP) is 4.55. The normalized spacial score (nSPS) is 18.7. The number of aryl methyl sites for hydroxylation is 1. The Morgan fingerprint density at radius 2 is 1.52 bits per heavy atom. The highest BCUT2D eigenvalue weighted by Crippen LogP contribution is 2.48. The van der Waals surface area contributed by atoms with E-state index in [1.807, 2.05) is 37.3 Å². The second kappa shape index (κ2) is 8.46. The number of anilines is 1. The Labute approximate surface area is 182 Å². The zero-order chi connectivity index (χ0) is 22.1. The highest BCUT2D eigenvalue weighted by Gasteiger charge is 2.41. The van der Waals surface area contributed by atoms with Crippen LogP contribution in [-0.4, -0.2) is 33.0 Å². The van der Waals surface area contributed by atoms with Gasteiger partial charge in [-0.05, 0) is 38.0 Å². The quantitative estimate of drug-likeness (QED) is 0.709. The molecule has 1 atom stereocenters. The molecule has 0 fully saturated rings. The fraction of sp³-hybridized carbons (Fsp3) is 0.360. The van der Waals surface area contributed by atoms with Gasteiger partial charge in [0.1, 0.15) is 5.75 Å². The number of benzene rings is 2. The predicted molar refractivity (Wildman–Crippen MR) is 118 cm³/mol. The van der Waals surface area contributed by atoms with Gasteiger partial charge in [-0.2, -0.15) is 0 Å². The fourth-order valence-corrected chi connectivity index (χ4v) is 4.58. The second-order valence-electron chi connectivity index (χ2n) is 7.91. The van der Waals surface area contributed by atoms with Crippen LogP contribution in [0, 0.1) is 6.92 Å². The molecule has 4 rings (SSSR count). The molecule has 0 spiro atoms. The summed E-state index contributed by atoms with van der Waals surface area (Å²) in [6, 6.07) is 11.4.